The van der Waals surface area contributed by atoms with Crippen molar-refractivity contribution in [1.82, 2.24) is 10.2 Å². The van der Waals surface area contributed by atoms with Crippen LogP contribution < -0.4 is 5.32 Å². The van der Waals surface area contributed by atoms with E-state index in [2.05, 4.69) is 34.6 Å². The average Bonchev–Trinajstić information content (AvgIpc) is 2.28. The smallest absolute Gasteiger partial charge is 0.149 e. The van der Waals surface area contributed by atoms with E-state index in [-0.39, 0.29) is 0 Å². The van der Waals surface area contributed by atoms with E-state index < -0.39 is 0 Å². The Balaban J connectivity index is 2.05. The van der Waals surface area contributed by atoms with Crippen LogP contribution in [0.4, 0.5) is 5.82 Å². The van der Waals surface area contributed by atoms with Crippen molar-refractivity contribution in [1.29, 1.82) is 0 Å². The highest BCUT2D eigenvalue weighted by Crippen LogP contribution is 2.10. The van der Waals surface area contributed by atoms with Crippen LogP contribution in [0.15, 0.2) is 36.5 Å². The van der Waals surface area contributed by atoms with Crippen LogP contribution in [0.3, 0.4) is 0 Å². The molecule has 0 radical (unpaired) electrons. The molecule has 1 aromatic carbocycles. The van der Waals surface area contributed by atoms with Gasteiger partial charge in [0.25, 0.3) is 0 Å². The summed E-state index contributed by atoms with van der Waals surface area (Å²) >= 11 is 0. The summed E-state index contributed by atoms with van der Waals surface area (Å²) in [5.41, 5.74) is 3.68. The van der Waals surface area contributed by atoms with Gasteiger partial charge in [-0.1, -0.05) is 24.3 Å². The summed E-state index contributed by atoms with van der Waals surface area (Å²) < 4.78 is 0. The van der Waals surface area contributed by atoms with Gasteiger partial charge < -0.3 is 5.32 Å². The van der Waals surface area contributed by atoms with Crippen molar-refractivity contribution in [2.45, 2.75) is 20.4 Å². The monoisotopic (exact) mass is 213 g/mol. The molecule has 0 fully saturated rings. The van der Waals surface area contributed by atoms with Crippen LogP contribution in [0.2, 0.25) is 0 Å². The fourth-order valence-electron chi connectivity index (χ4n) is 1.54. The summed E-state index contributed by atoms with van der Waals surface area (Å²) in [5.74, 6) is 0.822. The van der Waals surface area contributed by atoms with E-state index in [0.29, 0.717) is 0 Å². The molecule has 1 aromatic heterocycles. The SMILES string of the molecule is Cc1cnnc(NCc2ccccc2C)c1. The molecular formula is C13H15N3. The zero-order valence-corrected chi connectivity index (χ0v) is 9.57. The molecule has 1 heterocycles. The summed E-state index contributed by atoms with van der Waals surface area (Å²) in [6, 6.07) is 10.3. The van der Waals surface area contributed by atoms with Crippen LogP contribution in [0, 0.1) is 13.8 Å². The Hall–Kier alpha value is -1.90. The third-order valence-electron chi connectivity index (χ3n) is 2.51. The molecule has 0 bridgehead atoms. The molecule has 2 rings (SSSR count). The maximum Gasteiger partial charge on any atom is 0.149 e. The van der Waals surface area contributed by atoms with E-state index in [9.17, 15) is 0 Å². The summed E-state index contributed by atoms with van der Waals surface area (Å²) in [7, 11) is 0. The van der Waals surface area contributed by atoms with Crippen LogP contribution in [-0.2, 0) is 6.54 Å². The molecule has 0 aliphatic carbocycles. The first-order chi connectivity index (χ1) is 7.75. The van der Waals surface area contributed by atoms with Gasteiger partial charge >= 0.3 is 0 Å². The van der Waals surface area contributed by atoms with Crippen molar-refractivity contribution >= 4 is 5.82 Å². The van der Waals surface area contributed by atoms with E-state index in [0.717, 1.165) is 17.9 Å². The molecule has 16 heavy (non-hydrogen) atoms. The largest absolute Gasteiger partial charge is 0.364 e. The first-order valence-electron chi connectivity index (χ1n) is 5.33. The second-order valence-corrected chi connectivity index (χ2v) is 3.90. The number of nitrogens with one attached hydrogen (secondary N) is 1. The molecule has 0 spiro atoms. The predicted octanol–water partition coefficient (Wildman–Crippen LogP) is 2.71. The second-order valence-electron chi connectivity index (χ2n) is 3.90. The Labute approximate surface area is 95.5 Å². The van der Waals surface area contributed by atoms with E-state index in [1.54, 1.807) is 6.20 Å². The predicted molar refractivity (Wildman–Crippen MR) is 65.3 cm³/mol. The van der Waals surface area contributed by atoms with Crippen molar-refractivity contribution in [3.63, 3.8) is 0 Å². The Kier molecular flexibility index (Phi) is 3.15. The average molecular weight is 213 g/mol. The third-order valence-corrected chi connectivity index (χ3v) is 2.51. The van der Waals surface area contributed by atoms with Gasteiger partial charge in [-0.15, -0.1) is 5.10 Å². The van der Waals surface area contributed by atoms with Gasteiger partial charge in [-0.25, -0.2) is 0 Å². The Morgan fingerprint density at radius 3 is 2.75 bits per heavy atom. The highest BCUT2D eigenvalue weighted by Gasteiger charge is 1.98. The maximum atomic E-state index is 4.02. The minimum Gasteiger partial charge on any atom is -0.364 e. The molecule has 0 aliphatic heterocycles. The van der Waals surface area contributed by atoms with Crippen LogP contribution >= 0.6 is 0 Å². The summed E-state index contributed by atoms with van der Waals surface area (Å²) in [4.78, 5) is 0. The molecule has 0 aliphatic rings. The van der Waals surface area contributed by atoms with Gasteiger partial charge in [-0.3, -0.25) is 0 Å². The number of rotatable bonds is 3. The summed E-state index contributed by atoms with van der Waals surface area (Å²) in [6.07, 6.45) is 1.75. The molecule has 0 saturated heterocycles. The van der Waals surface area contributed by atoms with Crippen molar-refractivity contribution in [2.24, 2.45) is 0 Å². The highest BCUT2D eigenvalue weighted by molar-refractivity contribution is 5.37. The fraction of sp³-hybridized carbons (Fsp3) is 0.231. The quantitative estimate of drug-likeness (QED) is 0.851. The maximum absolute atomic E-state index is 4.02. The standard InChI is InChI=1S/C13H15N3/c1-10-7-13(16-15-8-10)14-9-12-6-4-3-5-11(12)2/h3-8H,9H2,1-2H3,(H,14,16). The number of aromatic nitrogens is 2. The Morgan fingerprint density at radius 1 is 1.19 bits per heavy atom. The third kappa shape index (κ3) is 2.57. The van der Waals surface area contributed by atoms with Gasteiger partial charge in [0.05, 0.1) is 6.20 Å². The van der Waals surface area contributed by atoms with E-state index in [4.69, 9.17) is 0 Å². The molecular weight excluding hydrogens is 198 g/mol. The van der Waals surface area contributed by atoms with Crippen molar-refractivity contribution < 1.29 is 0 Å². The molecule has 0 saturated carbocycles. The van der Waals surface area contributed by atoms with E-state index in [1.807, 2.05) is 25.1 Å². The lowest BCUT2D eigenvalue weighted by molar-refractivity contribution is 0.985. The topological polar surface area (TPSA) is 37.8 Å². The first-order valence-corrected chi connectivity index (χ1v) is 5.33. The van der Waals surface area contributed by atoms with E-state index >= 15 is 0 Å². The van der Waals surface area contributed by atoms with Gasteiger partial charge in [-0.2, -0.15) is 5.10 Å². The Morgan fingerprint density at radius 2 is 2.00 bits per heavy atom. The zero-order chi connectivity index (χ0) is 11.4. The van der Waals surface area contributed by atoms with Crippen molar-refractivity contribution in [3.8, 4) is 0 Å². The normalized spacial score (nSPS) is 10.1. The lowest BCUT2D eigenvalue weighted by Crippen LogP contribution is -2.03. The number of hydrogen-bond donors (Lipinski definition) is 1. The highest BCUT2D eigenvalue weighted by atomic mass is 15.2. The number of aryl methyl sites for hydroxylation is 2. The van der Waals surface area contributed by atoms with E-state index in [1.165, 1.54) is 11.1 Å². The summed E-state index contributed by atoms with van der Waals surface area (Å²) in [6.45, 7) is 4.90. The van der Waals surface area contributed by atoms with Crippen LogP contribution in [0.25, 0.3) is 0 Å². The second kappa shape index (κ2) is 4.75. The van der Waals surface area contributed by atoms with Gasteiger partial charge in [0.1, 0.15) is 5.82 Å². The molecule has 3 heteroatoms. The molecule has 82 valence electrons. The minimum atomic E-state index is 0.783. The van der Waals surface area contributed by atoms with Gasteiger partial charge in [0.15, 0.2) is 0 Å². The number of benzene rings is 1. The molecule has 0 atom stereocenters. The molecule has 3 nitrogen and oxygen atoms in total. The van der Waals surface area contributed by atoms with Crippen LogP contribution in [0.1, 0.15) is 16.7 Å². The molecule has 1 N–H and O–H groups in total. The minimum absolute atomic E-state index is 0.783. The molecule has 0 amide bonds. The first kappa shape index (κ1) is 10.6. The van der Waals surface area contributed by atoms with Crippen molar-refractivity contribution in [2.75, 3.05) is 5.32 Å². The number of anilines is 1. The lowest BCUT2D eigenvalue weighted by atomic mass is 10.1. The van der Waals surface area contributed by atoms with Crippen LogP contribution in [-0.4, -0.2) is 10.2 Å². The number of nitrogens with zero attached hydrogens (tertiary/aromatic N) is 2. The van der Waals surface area contributed by atoms with Gasteiger partial charge in [0, 0.05) is 6.54 Å². The van der Waals surface area contributed by atoms with Gasteiger partial charge in [-0.05, 0) is 36.6 Å². The summed E-state index contributed by atoms with van der Waals surface area (Å²) in [5, 5.41) is 11.2. The van der Waals surface area contributed by atoms with Gasteiger partial charge in [0.2, 0.25) is 0 Å². The zero-order valence-electron chi connectivity index (χ0n) is 9.57. The fourth-order valence-corrected chi connectivity index (χ4v) is 1.54. The molecule has 2 aromatic rings. The lowest BCUT2D eigenvalue weighted by Gasteiger charge is -2.07. The molecule has 0 unspecified atom stereocenters. The number of hydrogen-bond acceptors (Lipinski definition) is 3. The van der Waals surface area contributed by atoms with Crippen LogP contribution in [0.5, 0.6) is 0 Å². The Bertz CT molecular complexity index is 480. The van der Waals surface area contributed by atoms with Crippen molar-refractivity contribution in [3.05, 3.63) is 53.2 Å².